The van der Waals surface area contributed by atoms with Gasteiger partial charge in [-0.2, -0.15) is 0 Å². The second kappa shape index (κ2) is 11.1. The summed E-state index contributed by atoms with van der Waals surface area (Å²) in [6, 6.07) is 0. The van der Waals surface area contributed by atoms with Gasteiger partial charge in [-0.3, -0.25) is 4.79 Å². The fourth-order valence-electron chi connectivity index (χ4n) is 8.99. The van der Waals surface area contributed by atoms with Gasteiger partial charge in [0.1, 0.15) is 6.61 Å². The summed E-state index contributed by atoms with van der Waals surface area (Å²) < 4.78 is 6.17. The van der Waals surface area contributed by atoms with Crippen molar-refractivity contribution in [1.82, 2.24) is 5.32 Å². The van der Waals surface area contributed by atoms with Gasteiger partial charge in [0.15, 0.2) is 0 Å². The Morgan fingerprint density at radius 3 is 2.61 bits per heavy atom. The molecular weight excluding hydrogens is 442 g/mol. The summed E-state index contributed by atoms with van der Waals surface area (Å²) in [6.45, 7) is 16.5. The van der Waals surface area contributed by atoms with Crippen LogP contribution in [0.3, 0.4) is 0 Å². The van der Waals surface area contributed by atoms with Crippen molar-refractivity contribution in [2.75, 3.05) is 6.61 Å². The summed E-state index contributed by atoms with van der Waals surface area (Å²) >= 11 is 0. The molecule has 3 saturated carbocycles. The molecule has 7 atom stereocenters. The van der Waals surface area contributed by atoms with E-state index >= 15 is 0 Å². The van der Waals surface area contributed by atoms with Crippen LogP contribution in [0.4, 0.5) is 0 Å². The Bertz CT molecular complexity index is 800. The maximum atomic E-state index is 12.4. The minimum atomic E-state index is -0.157. The first-order valence-electron chi connectivity index (χ1n) is 15.6. The van der Waals surface area contributed by atoms with Crippen LogP contribution >= 0.6 is 0 Å². The Balaban J connectivity index is 1.34. The molecule has 0 aliphatic heterocycles. The van der Waals surface area contributed by atoms with Crippen molar-refractivity contribution in [3.8, 4) is 0 Å². The first-order valence-corrected chi connectivity index (χ1v) is 15.6. The van der Waals surface area contributed by atoms with E-state index in [0.29, 0.717) is 10.8 Å². The lowest BCUT2D eigenvalue weighted by molar-refractivity contribution is -0.130. The standard InChI is InChI=1S/C33H57NO2/c1-8-31(4,5)34-30(35)22-36-26-17-19-33(7)25(21-26)13-15-27-28-16-14-24(12-10-9-11-23(2)3)32(28,6)20-18-29(27)33/h13,23-24,26-29H,8-12,14-22H2,1-7H3,(H,34,35)/t24-,26?,27?,28?,29?,32?,33-/m0/s1. The first-order chi connectivity index (χ1) is 17.0. The smallest absolute Gasteiger partial charge is 0.246 e. The number of nitrogens with one attached hydrogen (secondary N) is 1. The van der Waals surface area contributed by atoms with E-state index < -0.39 is 0 Å². The van der Waals surface area contributed by atoms with Crippen molar-refractivity contribution in [3.05, 3.63) is 11.6 Å². The molecule has 1 N–H and O–H groups in total. The molecule has 3 fully saturated rings. The predicted octanol–water partition coefficient (Wildman–Crippen LogP) is 8.47. The van der Waals surface area contributed by atoms with Gasteiger partial charge in [-0.1, -0.05) is 65.5 Å². The highest BCUT2D eigenvalue weighted by Gasteiger charge is 2.58. The Labute approximate surface area is 223 Å². The maximum Gasteiger partial charge on any atom is 0.246 e. The van der Waals surface area contributed by atoms with Crippen LogP contribution in [-0.2, 0) is 9.53 Å². The number of carbonyl (C=O) groups is 1. The molecule has 4 aliphatic rings. The number of ether oxygens (including phenoxy) is 1. The van der Waals surface area contributed by atoms with Crippen molar-refractivity contribution in [2.24, 2.45) is 40.4 Å². The van der Waals surface area contributed by atoms with Crippen LogP contribution in [0, 0.1) is 40.4 Å². The lowest BCUT2D eigenvalue weighted by Gasteiger charge is -2.58. The van der Waals surface area contributed by atoms with Gasteiger partial charge in [-0.05, 0) is 118 Å². The molecule has 36 heavy (non-hydrogen) atoms. The van der Waals surface area contributed by atoms with Crippen molar-refractivity contribution in [1.29, 1.82) is 0 Å². The van der Waals surface area contributed by atoms with Gasteiger partial charge >= 0.3 is 0 Å². The molecule has 4 aliphatic carbocycles. The molecule has 5 unspecified atom stereocenters. The number of unbranched alkanes of at least 4 members (excludes halogenated alkanes) is 1. The fourth-order valence-corrected chi connectivity index (χ4v) is 8.99. The lowest BCUT2D eigenvalue weighted by Crippen LogP contribution is -2.50. The van der Waals surface area contributed by atoms with E-state index in [2.05, 4.69) is 59.9 Å². The Kier molecular flexibility index (Phi) is 8.70. The molecular formula is C33H57NO2. The number of fused-ring (bicyclic) bond motifs is 5. The average Bonchev–Trinajstić information content (AvgIpc) is 3.16. The highest BCUT2D eigenvalue weighted by molar-refractivity contribution is 5.77. The Morgan fingerprint density at radius 2 is 1.89 bits per heavy atom. The van der Waals surface area contributed by atoms with Crippen molar-refractivity contribution >= 4 is 5.91 Å². The van der Waals surface area contributed by atoms with Gasteiger partial charge in [0.25, 0.3) is 0 Å². The van der Waals surface area contributed by atoms with Crippen LogP contribution in [-0.4, -0.2) is 24.2 Å². The van der Waals surface area contributed by atoms with E-state index in [0.717, 1.165) is 48.9 Å². The summed E-state index contributed by atoms with van der Waals surface area (Å²) in [5, 5.41) is 3.12. The molecule has 3 nitrogen and oxygen atoms in total. The van der Waals surface area contributed by atoms with Gasteiger partial charge in [0.2, 0.25) is 5.91 Å². The van der Waals surface area contributed by atoms with Gasteiger partial charge in [-0.25, -0.2) is 0 Å². The zero-order valence-electron chi connectivity index (χ0n) is 24.8. The average molecular weight is 500 g/mol. The molecule has 1 amide bonds. The van der Waals surface area contributed by atoms with E-state index in [1.54, 1.807) is 5.57 Å². The third-order valence-corrected chi connectivity index (χ3v) is 11.7. The fraction of sp³-hybridized carbons (Fsp3) is 0.909. The number of allylic oxidation sites excluding steroid dienone is 1. The van der Waals surface area contributed by atoms with E-state index in [1.807, 2.05) is 0 Å². The number of carbonyl (C=O) groups excluding carboxylic acids is 1. The van der Waals surface area contributed by atoms with E-state index in [4.69, 9.17) is 4.74 Å². The molecule has 0 saturated heterocycles. The second-order valence-electron chi connectivity index (χ2n) is 14.7. The molecule has 4 rings (SSSR count). The van der Waals surface area contributed by atoms with Crippen LogP contribution in [0.1, 0.15) is 132 Å². The number of amides is 1. The lowest BCUT2D eigenvalue weighted by atomic mass is 9.47. The van der Waals surface area contributed by atoms with Crippen LogP contribution in [0.5, 0.6) is 0 Å². The third kappa shape index (κ3) is 5.76. The molecule has 0 aromatic carbocycles. The van der Waals surface area contributed by atoms with Gasteiger partial charge in [0.05, 0.1) is 6.10 Å². The Hall–Kier alpha value is -0.830. The summed E-state index contributed by atoms with van der Waals surface area (Å²) in [7, 11) is 0. The zero-order valence-corrected chi connectivity index (χ0v) is 24.8. The molecule has 0 bridgehead atoms. The van der Waals surface area contributed by atoms with E-state index in [-0.39, 0.29) is 24.2 Å². The minimum Gasteiger partial charge on any atom is -0.368 e. The zero-order chi connectivity index (χ0) is 26.1. The monoisotopic (exact) mass is 499 g/mol. The molecule has 3 heteroatoms. The highest BCUT2D eigenvalue weighted by atomic mass is 16.5. The summed E-state index contributed by atoms with van der Waals surface area (Å²) in [4.78, 5) is 12.4. The van der Waals surface area contributed by atoms with E-state index in [9.17, 15) is 4.79 Å². The van der Waals surface area contributed by atoms with Crippen molar-refractivity contribution < 1.29 is 9.53 Å². The number of hydrogen-bond acceptors (Lipinski definition) is 2. The van der Waals surface area contributed by atoms with Gasteiger partial charge in [-0.15, -0.1) is 0 Å². The van der Waals surface area contributed by atoms with Crippen LogP contribution in [0.15, 0.2) is 11.6 Å². The largest absolute Gasteiger partial charge is 0.368 e. The summed E-state index contributed by atoms with van der Waals surface area (Å²) in [5.74, 6) is 4.51. The molecule has 0 aromatic rings. The second-order valence-corrected chi connectivity index (χ2v) is 14.7. The molecule has 0 heterocycles. The maximum absolute atomic E-state index is 12.4. The first kappa shape index (κ1) is 28.2. The van der Waals surface area contributed by atoms with E-state index in [1.165, 1.54) is 64.2 Å². The van der Waals surface area contributed by atoms with Crippen LogP contribution in [0.25, 0.3) is 0 Å². The van der Waals surface area contributed by atoms with Gasteiger partial charge in [0, 0.05) is 5.54 Å². The van der Waals surface area contributed by atoms with Crippen LogP contribution < -0.4 is 5.32 Å². The molecule has 0 spiro atoms. The van der Waals surface area contributed by atoms with Crippen molar-refractivity contribution in [3.63, 3.8) is 0 Å². The predicted molar refractivity (Wildman–Crippen MR) is 151 cm³/mol. The molecule has 0 aromatic heterocycles. The van der Waals surface area contributed by atoms with Gasteiger partial charge < -0.3 is 10.1 Å². The quantitative estimate of drug-likeness (QED) is 0.242. The molecule has 0 radical (unpaired) electrons. The van der Waals surface area contributed by atoms with Crippen LogP contribution in [0.2, 0.25) is 0 Å². The third-order valence-electron chi connectivity index (χ3n) is 11.7. The minimum absolute atomic E-state index is 0.0273. The topological polar surface area (TPSA) is 38.3 Å². The summed E-state index contributed by atoms with van der Waals surface area (Å²) in [5.41, 5.74) is 2.43. The summed E-state index contributed by atoms with van der Waals surface area (Å²) in [6.07, 6.45) is 20.0. The Morgan fingerprint density at radius 1 is 1.11 bits per heavy atom. The normalized spacial score (nSPS) is 38.2. The number of rotatable bonds is 10. The highest BCUT2D eigenvalue weighted by Crippen LogP contribution is 2.66. The molecule has 206 valence electrons. The number of hydrogen-bond donors (Lipinski definition) is 1. The van der Waals surface area contributed by atoms with Crippen molar-refractivity contribution in [2.45, 2.75) is 144 Å². The SMILES string of the molecule is CCC(C)(C)NC(=O)COC1CC[C@@]2(C)C(=CCC3C4CC[C@H](CCCCC(C)C)C4(C)CCC32)C1.